The number of esters is 1. The summed E-state index contributed by atoms with van der Waals surface area (Å²) in [5, 5.41) is 0.547. The predicted molar refractivity (Wildman–Crippen MR) is 47.5 cm³/mol. The Morgan fingerprint density at radius 3 is 2.93 bits per heavy atom. The molecule has 0 aliphatic rings. The first-order chi connectivity index (χ1) is 6.72. The highest BCUT2D eigenvalue weighted by Crippen LogP contribution is 2.22. The van der Waals surface area contributed by atoms with Crippen LogP contribution >= 0.6 is 0 Å². The molecule has 0 radical (unpaired) electrons. The molecule has 14 heavy (non-hydrogen) atoms. The van der Waals surface area contributed by atoms with Crippen LogP contribution in [0.1, 0.15) is 10.6 Å². The molecule has 1 heterocycles. The van der Waals surface area contributed by atoms with E-state index in [2.05, 4.69) is 4.74 Å². The Morgan fingerprint density at radius 2 is 2.29 bits per heavy atom. The molecule has 3 nitrogen and oxygen atoms in total. The quantitative estimate of drug-likeness (QED) is 0.654. The molecular weight excluding hydrogens is 187 g/mol. The second-order valence-electron chi connectivity index (χ2n) is 2.76. The summed E-state index contributed by atoms with van der Waals surface area (Å²) in [5.74, 6) is -1.09. The van der Waals surface area contributed by atoms with Gasteiger partial charge in [0.2, 0.25) is 5.76 Å². The maximum absolute atomic E-state index is 13.1. The summed E-state index contributed by atoms with van der Waals surface area (Å²) in [6.07, 6.45) is 0. The average molecular weight is 194 g/mol. The molecule has 0 aliphatic carbocycles. The van der Waals surface area contributed by atoms with E-state index in [-0.39, 0.29) is 11.3 Å². The van der Waals surface area contributed by atoms with Gasteiger partial charge in [-0.3, -0.25) is 0 Å². The minimum atomic E-state index is -0.611. The fraction of sp³-hybridized carbons (Fsp3) is 0.100. The lowest BCUT2D eigenvalue weighted by Crippen LogP contribution is -1.97. The number of halogens is 1. The van der Waals surface area contributed by atoms with E-state index in [0.29, 0.717) is 5.39 Å². The van der Waals surface area contributed by atoms with Gasteiger partial charge in [-0.1, -0.05) is 12.1 Å². The zero-order valence-electron chi connectivity index (χ0n) is 7.41. The van der Waals surface area contributed by atoms with Crippen molar-refractivity contribution in [2.45, 2.75) is 0 Å². The van der Waals surface area contributed by atoms with E-state index in [0.717, 1.165) is 0 Å². The van der Waals surface area contributed by atoms with Crippen LogP contribution in [0.2, 0.25) is 0 Å². The van der Waals surface area contributed by atoms with E-state index < -0.39 is 11.8 Å². The van der Waals surface area contributed by atoms with Crippen molar-refractivity contribution in [2.75, 3.05) is 7.11 Å². The Balaban J connectivity index is 2.62. The van der Waals surface area contributed by atoms with Gasteiger partial charge in [-0.25, -0.2) is 9.18 Å². The average Bonchev–Trinajstić information content (AvgIpc) is 2.62. The first kappa shape index (κ1) is 8.74. The highest BCUT2D eigenvalue weighted by atomic mass is 19.1. The number of fused-ring (bicyclic) bond motifs is 1. The summed E-state index contributed by atoms with van der Waals surface area (Å²) >= 11 is 0. The number of carbonyl (C=O) groups is 1. The molecule has 2 rings (SSSR count). The van der Waals surface area contributed by atoms with Crippen molar-refractivity contribution in [3.05, 3.63) is 35.8 Å². The molecule has 0 spiro atoms. The zero-order valence-corrected chi connectivity index (χ0v) is 7.41. The Morgan fingerprint density at radius 1 is 1.50 bits per heavy atom. The van der Waals surface area contributed by atoms with Gasteiger partial charge >= 0.3 is 5.97 Å². The molecule has 0 fully saturated rings. The zero-order chi connectivity index (χ0) is 10.1. The number of para-hydroxylation sites is 1. The number of rotatable bonds is 1. The van der Waals surface area contributed by atoms with Gasteiger partial charge in [0.25, 0.3) is 0 Å². The molecule has 72 valence electrons. The minimum absolute atomic E-state index is 0.00704. The molecule has 0 aliphatic heterocycles. The van der Waals surface area contributed by atoms with E-state index in [1.54, 1.807) is 12.1 Å². The second kappa shape index (κ2) is 3.14. The monoisotopic (exact) mass is 194 g/mol. The molecule has 1 aromatic heterocycles. The van der Waals surface area contributed by atoms with Gasteiger partial charge in [0, 0.05) is 5.39 Å². The molecular formula is C10H7FO3. The number of methoxy groups -OCH3 is 1. The summed E-state index contributed by atoms with van der Waals surface area (Å²) in [4.78, 5) is 11.1. The molecule has 0 unspecified atom stereocenters. The van der Waals surface area contributed by atoms with E-state index in [1.807, 2.05) is 0 Å². The van der Waals surface area contributed by atoms with Crippen LogP contribution in [0.15, 0.2) is 28.7 Å². The number of hydrogen-bond donors (Lipinski definition) is 0. The van der Waals surface area contributed by atoms with Gasteiger partial charge in [-0.15, -0.1) is 0 Å². The smallest absolute Gasteiger partial charge is 0.373 e. The van der Waals surface area contributed by atoms with Gasteiger partial charge in [0.15, 0.2) is 11.4 Å². The van der Waals surface area contributed by atoms with Crippen LogP contribution in [0, 0.1) is 5.82 Å². The number of furan rings is 1. The molecule has 1 aromatic carbocycles. The first-order valence-corrected chi connectivity index (χ1v) is 3.99. The molecule has 0 saturated carbocycles. The number of carbonyl (C=O) groups excluding carboxylic acids is 1. The SMILES string of the molecule is COC(=O)c1cc2cccc(F)c2o1. The van der Waals surface area contributed by atoms with Gasteiger partial charge in [-0.05, 0) is 12.1 Å². The predicted octanol–water partition coefficient (Wildman–Crippen LogP) is 2.36. The van der Waals surface area contributed by atoms with Crippen molar-refractivity contribution in [3.8, 4) is 0 Å². The molecule has 0 atom stereocenters. The minimum Gasteiger partial charge on any atom is -0.463 e. The maximum Gasteiger partial charge on any atom is 0.373 e. The van der Waals surface area contributed by atoms with Crippen molar-refractivity contribution in [1.29, 1.82) is 0 Å². The summed E-state index contributed by atoms with van der Waals surface area (Å²) in [6.45, 7) is 0. The van der Waals surface area contributed by atoms with Crippen molar-refractivity contribution >= 4 is 16.9 Å². The Kier molecular flexibility index (Phi) is 1.96. The van der Waals surface area contributed by atoms with Gasteiger partial charge in [0.1, 0.15) is 0 Å². The Bertz CT molecular complexity index is 487. The third-order valence-corrected chi connectivity index (χ3v) is 1.88. The Hall–Kier alpha value is -1.84. The van der Waals surface area contributed by atoms with Crippen LogP contribution in [0.4, 0.5) is 4.39 Å². The van der Waals surface area contributed by atoms with Crippen LogP contribution in [0.25, 0.3) is 11.0 Å². The summed E-state index contributed by atoms with van der Waals surface area (Å²) in [7, 11) is 1.24. The van der Waals surface area contributed by atoms with Crippen LogP contribution in [0.3, 0.4) is 0 Å². The molecule has 0 N–H and O–H groups in total. The molecule has 0 amide bonds. The van der Waals surface area contributed by atoms with Crippen molar-refractivity contribution in [2.24, 2.45) is 0 Å². The van der Waals surface area contributed by atoms with Crippen molar-refractivity contribution < 1.29 is 18.3 Å². The maximum atomic E-state index is 13.1. The number of hydrogen-bond acceptors (Lipinski definition) is 3. The summed E-state index contributed by atoms with van der Waals surface area (Å²) < 4.78 is 22.6. The van der Waals surface area contributed by atoms with Crippen LogP contribution in [-0.4, -0.2) is 13.1 Å². The topological polar surface area (TPSA) is 39.4 Å². The second-order valence-corrected chi connectivity index (χ2v) is 2.76. The standard InChI is InChI=1S/C10H7FO3/c1-13-10(12)8-5-6-3-2-4-7(11)9(6)14-8/h2-5H,1H3. The fourth-order valence-electron chi connectivity index (χ4n) is 1.23. The highest BCUT2D eigenvalue weighted by molar-refractivity contribution is 5.92. The van der Waals surface area contributed by atoms with Gasteiger partial charge < -0.3 is 9.15 Å². The molecule has 0 saturated heterocycles. The summed E-state index contributed by atoms with van der Waals surface area (Å²) in [5.41, 5.74) is 0.0768. The van der Waals surface area contributed by atoms with Crippen molar-refractivity contribution in [1.82, 2.24) is 0 Å². The Labute approximate surface area is 79.1 Å². The van der Waals surface area contributed by atoms with Crippen molar-refractivity contribution in [3.63, 3.8) is 0 Å². The third kappa shape index (κ3) is 1.25. The van der Waals surface area contributed by atoms with E-state index >= 15 is 0 Å². The lowest BCUT2D eigenvalue weighted by molar-refractivity contribution is 0.0567. The lowest BCUT2D eigenvalue weighted by atomic mass is 10.2. The molecule has 0 bridgehead atoms. The molecule has 4 heteroatoms. The van der Waals surface area contributed by atoms with Crippen LogP contribution in [0.5, 0.6) is 0 Å². The molecule has 2 aromatic rings. The van der Waals surface area contributed by atoms with E-state index in [1.165, 1.54) is 19.2 Å². The summed E-state index contributed by atoms with van der Waals surface area (Å²) in [6, 6.07) is 5.93. The van der Waals surface area contributed by atoms with E-state index in [9.17, 15) is 9.18 Å². The third-order valence-electron chi connectivity index (χ3n) is 1.88. The fourth-order valence-corrected chi connectivity index (χ4v) is 1.23. The number of benzene rings is 1. The van der Waals surface area contributed by atoms with Gasteiger partial charge in [-0.2, -0.15) is 0 Å². The lowest BCUT2D eigenvalue weighted by Gasteiger charge is -1.91. The van der Waals surface area contributed by atoms with Crippen LogP contribution < -0.4 is 0 Å². The highest BCUT2D eigenvalue weighted by Gasteiger charge is 2.13. The first-order valence-electron chi connectivity index (χ1n) is 3.99. The normalized spacial score (nSPS) is 10.4. The van der Waals surface area contributed by atoms with Gasteiger partial charge in [0.05, 0.1) is 7.11 Å². The van der Waals surface area contributed by atoms with Crippen LogP contribution in [-0.2, 0) is 4.74 Å². The number of ether oxygens (including phenoxy) is 1. The van der Waals surface area contributed by atoms with E-state index in [4.69, 9.17) is 4.42 Å². The largest absolute Gasteiger partial charge is 0.463 e.